The summed E-state index contributed by atoms with van der Waals surface area (Å²) in [4.78, 5) is 14.0. The predicted molar refractivity (Wildman–Crippen MR) is 95.9 cm³/mol. The van der Waals surface area contributed by atoms with Crippen LogP contribution in [0, 0.1) is 6.92 Å². The van der Waals surface area contributed by atoms with E-state index in [1.165, 1.54) is 11.3 Å². The maximum absolute atomic E-state index is 12.3. The second-order valence-corrected chi connectivity index (χ2v) is 7.05. The molecule has 0 aliphatic heterocycles. The Morgan fingerprint density at radius 2 is 2.09 bits per heavy atom. The van der Waals surface area contributed by atoms with Gasteiger partial charge in [-0.25, -0.2) is 4.68 Å². The lowest BCUT2D eigenvalue weighted by Crippen LogP contribution is -2.31. The Kier molecular flexibility index (Phi) is 4.41. The first kappa shape index (κ1) is 16.0. The van der Waals surface area contributed by atoms with Gasteiger partial charge in [0, 0.05) is 16.5 Å². The molecule has 3 aromatic rings. The Morgan fingerprint density at radius 1 is 1.39 bits per heavy atom. The molecule has 1 N–H and O–H groups in total. The number of nitrogens with zero attached hydrogens (tertiary/aromatic N) is 2. The minimum atomic E-state index is -0.0254. The summed E-state index contributed by atoms with van der Waals surface area (Å²) in [5.74, 6) is -0.0254. The molecule has 1 unspecified atom stereocenters. The fraction of sp³-hybridized carbons (Fsp3) is 0.294. The smallest absolute Gasteiger partial charge is 0.261 e. The average Bonchev–Trinajstić information content (AvgIpc) is 3.09. The highest BCUT2D eigenvalue weighted by atomic mass is 35.5. The van der Waals surface area contributed by atoms with Crippen molar-refractivity contribution in [2.45, 2.75) is 33.2 Å². The summed E-state index contributed by atoms with van der Waals surface area (Å²) in [5, 5.41) is 9.29. The minimum Gasteiger partial charge on any atom is -0.349 e. The number of hydrogen-bond acceptors (Lipinski definition) is 3. The Hall–Kier alpha value is -1.85. The number of thiophene rings is 1. The third-order valence-electron chi connectivity index (χ3n) is 3.83. The molecule has 1 aromatic carbocycles. The first-order valence-corrected chi connectivity index (χ1v) is 8.75. The number of aromatic nitrogens is 2. The van der Waals surface area contributed by atoms with Gasteiger partial charge in [0.25, 0.3) is 5.91 Å². The number of aryl methyl sites for hydroxylation is 1. The number of fused-ring (bicyclic) bond motifs is 1. The van der Waals surface area contributed by atoms with Gasteiger partial charge < -0.3 is 5.32 Å². The van der Waals surface area contributed by atoms with Crippen molar-refractivity contribution in [1.82, 2.24) is 15.1 Å². The largest absolute Gasteiger partial charge is 0.349 e. The van der Waals surface area contributed by atoms with Crippen LogP contribution in [0.25, 0.3) is 15.9 Å². The van der Waals surface area contributed by atoms with E-state index in [4.69, 9.17) is 11.6 Å². The summed E-state index contributed by atoms with van der Waals surface area (Å²) in [6.45, 7) is 6.02. The van der Waals surface area contributed by atoms with E-state index in [-0.39, 0.29) is 11.9 Å². The van der Waals surface area contributed by atoms with E-state index in [1.807, 2.05) is 48.9 Å². The molecule has 0 saturated heterocycles. The van der Waals surface area contributed by atoms with Gasteiger partial charge in [0.05, 0.1) is 16.3 Å². The van der Waals surface area contributed by atoms with Crippen LogP contribution < -0.4 is 5.32 Å². The molecule has 2 heterocycles. The van der Waals surface area contributed by atoms with Gasteiger partial charge in [-0.05, 0) is 50.6 Å². The van der Waals surface area contributed by atoms with Crippen molar-refractivity contribution in [3.8, 4) is 5.69 Å². The first-order valence-electron chi connectivity index (χ1n) is 7.55. The number of amides is 1. The van der Waals surface area contributed by atoms with Crippen LogP contribution in [0.1, 0.15) is 35.6 Å². The lowest BCUT2D eigenvalue weighted by molar-refractivity contribution is 0.0943. The lowest BCUT2D eigenvalue weighted by atomic mass is 10.2. The van der Waals surface area contributed by atoms with E-state index in [0.717, 1.165) is 28.0 Å². The van der Waals surface area contributed by atoms with Crippen molar-refractivity contribution in [3.63, 3.8) is 0 Å². The maximum atomic E-state index is 12.3. The highest BCUT2D eigenvalue weighted by Crippen LogP contribution is 2.30. The molecule has 0 fully saturated rings. The van der Waals surface area contributed by atoms with Crippen LogP contribution in [-0.2, 0) is 0 Å². The number of carbonyl (C=O) groups is 1. The molecule has 0 bridgehead atoms. The number of benzene rings is 1. The molecular weight excluding hydrogens is 330 g/mol. The molecule has 0 aliphatic carbocycles. The van der Waals surface area contributed by atoms with E-state index >= 15 is 0 Å². The monoisotopic (exact) mass is 347 g/mol. The van der Waals surface area contributed by atoms with Crippen LogP contribution in [0.4, 0.5) is 0 Å². The molecule has 23 heavy (non-hydrogen) atoms. The first-order chi connectivity index (χ1) is 11.0. The van der Waals surface area contributed by atoms with Crippen LogP contribution in [0.15, 0.2) is 30.3 Å². The SMILES string of the molecule is CCC(C)NC(=O)c1cc2c(C)nn(-c3ccc(Cl)cc3)c2s1. The van der Waals surface area contributed by atoms with E-state index in [9.17, 15) is 4.79 Å². The van der Waals surface area contributed by atoms with Crippen molar-refractivity contribution in [3.05, 3.63) is 45.9 Å². The minimum absolute atomic E-state index is 0.0254. The summed E-state index contributed by atoms with van der Waals surface area (Å²) in [6.07, 6.45) is 0.911. The zero-order chi connectivity index (χ0) is 16.6. The summed E-state index contributed by atoms with van der Waals surface area (Å²) in [7, 11) is 0. The Bertz CT molecular complexity index is 851. The van der Waals surface area contributed by atoms with Crippen molar-refractivity contribution in [1.29, 1.82) is 0 Å². The third kappa shape index (κ3) is 3.12. The second-order valence-electron chi connectivity index (χ2n) is 5.59. The number of rotatable bonds is 4. The molecule has 0 saturated carbocycles. The summed E-state index contributed by atoms with van der Waals surface area (Å²) >= 11 is 7.41. The molecule has 0 aliphatic rings. The predicted octanol–water partition coefficient (Wildman–Crippen LogP) is 4.58. The maximum Gasteiger partial charge on any atom is 0.261 e. The van der Waals surface area contributed by atoms with Crippen LogP contribution in [0.3, 0.4) is 0 Å². The van der Waals surface area contributed by atoms with Gasteiger partial charge in [-0.2, -0.15) is 5.10 Å². The third-order valence-corrected chi connectivity index (χ3v) is 5.19. The normalized spacial score (nSPS) is 12.5. The molecule has 0 spiro atoms. The molecule has 2 aromatic heterocycles. The van der Waals surface area contributed by atoms with Crippen LogP contribution >= 0.6 is 22.9 Å². The van der Waals surface area contributed by atoms with E-state index < -0.39 is 0 Å². The molecule has 6 heteroatoms. The average molecular weight is 348 g/mol. The molecule has 1 atom stereocenters. The number of nitrogens with one attached hydrogen (secondary N) is 1. The fourth-order valence-corrected chi connectivity index (χ4v) is 3.53. The van der Waals surface area contributed by atoms with Gasteiger partial charge in [-0.3, -0.25) is 4.79 Å². The molecule has 4 nitrogen and oxygen atoms in total. The van der Waals surface area contributed by atoms with Crippen molar-refractivity contribution >= 4 is 39.1 Å². The van der Waals surface area contributed by atoms with Gasteiger partial charge in [0.1, 0.15) is 4.83 Å². The van der Waals surface area contributed by atoms with Gasteiger partial charge in [0.2, 0.25) is 0 Å². The summed E-state index contributed by atoms with van der Waals surface area (Å²) in [5.41, 5.74) is 1.84. The van der Waals surface area contributed by atoms with Gasteiger partial charge >= 0.3 is 0 Å². The van der Waals surface area contributed by atoms with Crippen molar-refractivity contribution < 1.29 is 4.79 Å². The Labute approximate surface area is 144 Å². The molecule has 0 radical (unpaired) electrons. The fourth-order valence-electron chi connectivity index (χ4n) is 2.31. The zero-order valence-electron chi connectivity index (χ0n) is 13.3. The quantitative estimate of drug-likeness (QED) is 0.751. The highest BCUT2D eigenvalue weighted by Gasteiger charge is 2.17. The summed E-state index contributed by atoms with van der Waals surface area (Å²) < 4.78 is 1.87. The lowest BCUT2D eigenvalue weighted by Gasteiger charge is -2.09. The number of hydrogen-bond donors (Lipinski definition) is 1. The zero-order valence-corrected chi connectivity index (χ0v) is 14.8. The Morgan fingerprint density at radius 3 is 2.74 bits per heavy atom. The van der Waals surface area contributed by atoms with E-state index in [0.29, 0.717) is 9.90 Å². The van der Waals surface area contributed by atoms with Gasteiger partial charge in [0.15, 0.2) is 0 Å². The van der Waals surface area contributed by atoms with Gasteiger partial charge in [-0.15, -0.1) is 11.3 Å². The van der Waals surface area contributed by atoms with Crippen LogP contribution in [0.2, 0.25) is 5.02 Å². The summed E-state index contributed by atoms with van der Waals surface area (Å²) in [6, 6.07) is 9.61. The highest BCUT2D eigenvalue weighted by molar-refractivity contribution is 7.20. The number of halogens is 1. The van der Waals surface area contributed by atoms with E-state index in [2.05, 4.69) is 17.3 Å². The topological polar surface area (TPSA) is 46.9 Å². The molecule has 120 valence electrons. The molecular formula is C17H18ClN3OS. The van der Waals surface area contributed by atoms with Crippen molar-refractivity contribution in [2.24, 2.45) is 0 Å². The van der Waals surface area contributed by atoms with Crippen LogP contribution in [-0.4, -0.2) is 21.7 Å². The molecule has 1 amide bonds. The standard InChI is InChI=1S/C17H18ClN3OS/c1-4-10(2)19-16(22)15-9-14-11(3)20-21(17(14)23-15)13-7-5-12(18)6-8-13/h5-10H,4H2,1-3H3,(H,19,22). The second kappa shape index (κ2) is 6.34. The number of carbonyl (C=O) groups excluding carboxylic acids is 1. The Balaban J connectivity index is 2.01. The van der Waals surface area contributed by atoms with E-state index in [1.54, 1.807) is 0 Å². The van der Waals surface area contributed by atoms with Crippen LogP contribution in [0.5, 0.6) is 0 Å². The van der Waals surface area contributed by atoms with Crippen molar-refractivity contribution in [2.75, 3.05) is 0 Å². The molecule has 3 rings (SSSR count). The van der Waals surface area contributed by atoms with Gasteiger partial charge in [-0.1, -0.05) is 18.5 Å².